The Morgan fingerprint density at radius 2 is 1.86 bits per heavy atom. The van der Waals surface area contributed by atoms with E-state index >= 15 is 0 Å². The van der Waals surface area contributed by atoms with Crippen LogP contribution in [0.4, 0.5) is 4.79 Å². The van der Waals surface area contributed by atoms with E-state index in [0.717, 1.165) is 0 Å². The average Bonchev–Trinajstić information content (AvgIpc) is 2.15. The molecule has 0 aliphatic carbocycles. The van der Waals surface area contributed by atoms with Gasteiger partial charge in [0, 0.05) is 0 Å². The van der Waals surface area contributed by atoms with Gasteiger partial charge >= 0.3 is 6.03 Å². The highest BCUT2D eigenvalue weighted by Gasteiger charge is 2.11. The fraction of sp³-hybridized carbons (Fsp3) is 0.125. The second kappa shape index (κ2) is 4.61. The first kappa shape index (κ1) is 10.5. The van der Waals surface area contributed by atoms with Crippen molar-refractivity contribution in [3.8, 4) is 0 Å². The lowest BCUT2D eigenvalue weighted by Gasteiger charge is -2.11. The van der Waals surface area contributed by atoms with Gasteiger partial charge in [-0.05, 0) is 5.56 Å². The van der Waals surface area contributed by atoms with Crippen molar-refractivity contribution >= 4 is 16.9 Å². The second-order valence-corrected chi connectivity index (χ2v) is 3.58. The topological polar surface area (TPSA) is 80.5 Å². The third-order valence-electron chi connectivity index (χ3n) is 1.63. The molecule has 0 saturated carbocycles. The smallest absolute Gasteiger partial charge is 0.328 e. The minimum Gasteiger partial charge on any atom is -0.351 e. The fourth-order valence-corrected chi connectivity index (χ4v) is 1.41. The molecule has 6 heteroatoms. The van der Waals surface area contributed by atoms with Crippen molar-refractivity contribution in [2.75, 3.05) is 0 Å². The Morgan fingerprint density at radius 3 is 2.29 bits per heavy atom. The Kier molecular flexibility index (Phi) is 3.47. The van der Waals surface area contributed by atoms with Crippen LogP contribution in [0.25, 0.3) is 0 Å². The Hall–Kier alpha value is -1.56. The van der Waals surface area contributed by atoms with Crippen molar-refractivity contribution in [2.24, 2.45) is 5.73 Å². The third kappa shape index (κ3) is 2.74. The predicted molar refractivity (Wildman–Crippen MR) is 51.9 cm³/mol. The lowest BCUT2D eigenvalue weighted by atomic mass is 10.2. The minimum atomic E-state index is -2.97. The summed E-state index contributed by atoms with van der Waals surface area (Å²) in [6.45, 7) is -0.0190. The van der Waals surface area contributed by atoms with Gasteiger partial charge in [0.1, 0.15) is 0 Å². The zero-order valence-electron chi connectivity index (χ0n) is 7.29. The molecule has 0 aliphatic heterocycles. The summed E-state index contributed by atoms with van der Waals surface area (Å²) in [6, 6.07) is 7.78. The second-order valence-electron chi connectivity index (χ2n) is 2.62. The van der Waals surface area contributed by atoms with Gasteiger partial charge in [0.05, 0.1) is 6.54 Å². The van der Waals surface area contributed by atoms with E-state index in [1.54, 1.807) is 30.3 Å². The molecule has 5 nitrogen and oxygen atoms in total. The molecule has 14 heavy (non-hydrogen) atoms. The lowest BCUT2D eigenvalue weighted by Crippen LogP contribution is -2.33. The maximum atomic E-state index is 10.7. The summed E-state index contributed by atoms with van der Waals surface area (Å²) in [6.07, 6.45) is 0. The molecule has 1 rings (SSSR count). The first-order valence-corrected chi connectivity index (χ1v) is 4.99. The van der Waals surface area contributed by atoms with E-state index in [4.69, 9.17) is 5.73 Å². The average molecular weight is 214 g/mol. The standard InChI is InChI=1S/C8H10N2O3S/c9-8(11)10(14(12)13)6-7-4-2-1-3-5-7/h1-5,14H,6H2,(H2,9,11). The molecular weight excluding hydrogens is 204 g/mol. The number of urea groups is 1. The van der Waals surface area contributed by atoms with Gasteiger partial charge in [0.25, 0.3) is 0 Å². The van der Waals surface area contributed by atoms with E-state index in [-0.39, 0.29) is 6.54 Å². The Labute approximate surface area is 83.2 Å². The Balaban J connectivity index is 2.80. The highest BCUT2D eigenvalue weighted by molar-refractivity contribution is 7.70. The molecule has 76 valence electrons. The molecule has 0 spiro atoms. The number of nitrogens with zero attached hydrogens (tertiary/aromatic N) is 1. The van der Waals surface area contributed by atoms with Crippen LogP contribution in [0.3, 0.4) is 0 Å². The molecule has 1 aromatic carbocycles. The van der Waals surface area contributed by atoms with Crippen LogP contribution in [0.5, 0.6) is 0 Å². The summed E-state index contributed by atoms with van der Waals surface area (Å²) < 4.78 is 21.8. The Morgan fingerprint density at radius 1 is 1.29 bits per heavy atom. The molecule has 2 N–H and O–H groups in total. The lowest BCUT2D eigenvalue weighted by molar-refractivity contribution is 0.232. The van der Waals surface area contributed by atoms with Crippen LogP contribution in [-0.2, 0) is 17.4 Å². The van der Waals surface area contributed by atoms with E-state index in [1.807, 2.05) is 0 Å². The number of carbonyl (C=O) groups is 1. The number of hydrogen-bond donors (Lipinski definition) is 2. The summed E-state index contributed by atoms with van der Waals surface area (Å²) in [5, 5.41) is 0. The first-order valence-electron chi connectivity index (χ1n) is 3.86. The van der Waals surface area contributed by atoms with Crippen LogP contribution >= 0.6 is 0 Å². The highest BCUT2D eigenvalue weighted by Crippen LogP contribution is 2.03. The van der Waals surface area contributed by atoms with Crippen LogP contribution in [0, 0.1) is 0 Å². The van der Waals surface area contributed by atoms with Crippen molar-refractivity contribution in [1.82, 2.24) is 4.31 Å². The predicted octanol–water partition coefficient (Wildman–Crippen LogP) is 0.0937. The van der Waals surface area contributed by atoms with E-state index in [2.05, 4.69) is 0 Å². The summed E-state index contributed by atoms with van der Waals surface area (Å²) >= 11 is 0. The van der Waals surface area contributed by atoms with Crippen molar-refractivity contribution in [3.05, 3.63) is 35.9 Å². The van der Waals surface area contributed by atoms with Gasteiger partial charge in [-0.15, -0.1) is 0 Å². The van der Waals surface area contributed by atoms with Crippen LogP contribution in [0.15, 0.2) is 30.3 Å². The number of amides is 2. The van der Waals surface area contributed by atoms with E-state index < -0.39 is 16.9 Å². The largest absolute Gasteiger partial charge is 0.351 e. The minimum absolute atomic E-state index is 0.0190. The molecule has 0 atom stereocenters. The number of benzene rings is 1. The SMILES string of the molecule is NC(=O)N(Cc1ccccc1)[SH](=O)=O. The van der Waals surface area contributed by atoms with Gasteiger partial charge in [0.15, 0.2) is 0 Å². The van der Waals surface area contributed by atoms with Gasteiger partial charge < -0.3 is 5.73 Å². The van der Waals surface area contributed by atoms with Gasteiger partial charge in [-0.25, -0.2) is 17.5 Å². The number of carbonyl (C=O) groups excluding carboxylic acids is 1. The Bertz CT molecular complexity index is 381. The number of nitrogens with two attached hydrogens (primary N) is 1. The maximum Gasteiger partial charge on any atom is 0.328 e. The summed E-state index contributed by atoms with van der Waals surface area (Å²) in [5.74, 6) is 0. The van der Waals surface area contributed by atoms with Gasteiger partial charge in [0.2, 0.25) is 10.9 Å². The van der Waals surface area contributed by atoms with Crippen LogP contribution < -0.4 is 5.73 Å². The molecule has 0 radical (unpaired) electrons. The number of primary amides is 1. The molecule has 1 aromatic rings. The van der Waals surface area contributed by atoms with Crippen molar-refractivity contribution in [2.45, 2.75) is 6.54 Å². The molecule has 0 aliphatic rings. The number of rotatable bonds is 3. The van der Waals surface area contributed by atoms with Crippen LogP contribution in [0.2, 0.25) is 0 Å². The van der Waals surface area contributed by atoms with E-state index in [9.17, 15) is 13.2 Å². The molecule has 0 unspecified atom stereocenters. The van der Waals surface area contributed by atoms with E-state index in [1.165, 1.54) is 0 Å². The maximum absolute atomic E-state index is 10.7. The highest BCUT2D eigenvalue weighted by atomic mass is 32.2. The molecule has 0 heterocycles. The van der Waals surface area contributed by atoms with Crippen molar-refractivity contribution < 1.29 is 13.2 Å². The molecule has 0 fully saturated rings. The number of hydrogen-bond acceptors (Lipinski definition) is 3. The van der Waals surface area contributed by atoms with Gasteiger partial charge in [-0.1, -0.05) is 30.3 Å². The monoisotopic (exact) mass is 214 g/mol. The normalized spacial score (nSPS) is 10.1. The molecule has 0 bridgehead atoms. The zero-order valence-corrected chi connectivity index (χ0v) is 8.18. The summed E-state index contributed by atoms with van der Waals surface area (Å²) in [5.41, 5.74) is 5.60. The molecular formula is C8H10N2O3S. The van der Waals surface area contributed by atoms with Crippen molar-refractivity contribution in [3.63, 3.8) is 0 Å². The van der Waals surface area contributed by atoms with Crippen molar-refractivity contribution in [1.29, 1.82) is 0 Å². The molecule has 0 saturated heterocycles. The molecule has 2 amide bonds. The number of thiol groups is 1. The molecule has 0 aromatic heterocycles. The summed E-state index contributed by atoms with van der Waals surface area (Å²) in [7, 11) is -2.97. The summed E-state index contributed by atoms with van der Waals surface area (Å²) in [4.78, 5) is 10.7. The fourth-order valence-electron chi connectivity index (χ4n) is 0.972. The first-order chi connectivity index (χ1) is 6.61. The van der Waals surface area contributed by atoms with E-state index in [0.29, 0.717) is 9.87 Å². The quantitative estimate of drug-likeness (QED) is 0.700. The van der Waals surface area contributed by atoms with Gasteiger partial charge in [-0.2, -0.15) is 0 Å². The zero-order chi connectivity index (χ0) is 10.6. The van der Waals surface area contributed by atoms with Crippen LogP contribution in [-0.4, -0.2) is 18.8 Å². The van der Waals surface area contributed by atoms with Gasteiger partial charge in [-0.3, -0.25) is 0 Å². The third-order valence-corrected chi connectivity index (χ3v) is 2.36. The van der Waals surface area contributed by atoms with Crippen LogP contribution in [0.1, 0.15) is 5.56 Å².